The lowest BCUT2D eigenvalue weighted by atomic mass is 9.93. The van der Waals surface area contributed by atoms with Gasteiger partial charge in [-0.2, -0.15) is 0 Å². The highest BCUT2D eigenvalue weighted by Crippen LogP contribution is 2.24. The fourth-order valence-corrected chi connectivity index (χ4v) is 2.12. The summed E-state index contributed by atoms with van der Waals surface area (Å²) >= 11 is 0. The van der Waals surface area contributed by atoms with Crippen molar-refractivity contribution < 1.29 is 4.74 Å². The number of hydrogen-bond acceptors (Lipinski definition) is 2. The lowest BCUT2D eigenvalue weighted by Gasteiger charge is -2.23. The van der Waals surface area contributed by atoms with Gasteiger partial charge >= 0.3 is 0 Å². The first-order chi connectivity index (χ1) is 9.44. The third-order valence-electron chi connectivity index (χ3n) is 3.79. The van der Waals surface area contributed by atoms with Crippen molar-refractivity contribution in [3.05, 3.63) is 35.4 Å². The molecule has 2 heteroatoms. The third kappa shape index (κ3) is 5.64. The van der Waals surface area contributed by atoms with Crippen molar-refractivity contribution >= 4 is 0 Å². The first kappa shape index (κ1) is 15.5. The lowest BCUT2D eigenvalue weighted by molar-refractivity contribution is 0.0367. The topological polar surface area (TPSA) is 21.3 Å². The maximum absolute atomic E-state index is 6.16. The molecule has 0 spiro atoms. The summed E-state index contributed by atoms with van der Waals surface area (Å²) in [6.07, 6.45) is 3.92. The van der Waals surface area contributed by atoms with Crippen LogP contribution in [0.1, 0.15) is 57.3 Å². The van der Waals surface area contributed by atoms with Crippen LogP contribution in [0.15, 0.2) is 24.3 Å². The first-order valence-corrected chi connectivity index (χ1v) is 7.85. The summed E-state index contributed by atoms with van der Waals surface area (Å²) in [6.45, 7) is 10.7. The highest BCUT2D eigenvalue weighted by Gasteiger charge is 2.23. The first-order valence-electron chi connectivity index (χ1n) is 7.85. The van der Waals surface area contributed by atoms with Gasteiger partial charge < -0.3 is 10.1 Å². The predicted octanol–water partition coefficient (Wildman–Crippen LogP) is 4.24. The summed E-state index contributed by atoms with van der Waals surface area (Å²) < 4.78 is 6.16. The zero-order chi connectivity index (χ0) is 14.6. The summed E-state index contributed by atoms with van der Waals surface area (Å²) in [7, 11) is 0. The van der Waals surface area contributed by atoms with E-state index in [9.17, 15) is 0 Å². The molecule has 0 saturated heterocycles. The van der Waals surface area contributed by atoms with Crippen LogP contribution in [-0.2, 0) is 4.74 Å². The van der Waals surface area contributed by atoms with Gasteiger partial charge in [-0.05, 0) is 37.2 Å². The number of ether oxygens (including phenoxy) is 1. The largest absolute Gasteiger partial charge is 0.372 e. The normalized spacial score (nSPS) is 17.2. The van der Waals surface area contributed by atoms with E-state index in [0.29, 0.717) is 5.41 Å². The van der Waals surface area contributed by atoms with E-state index < -0.39 is 0 Å². The van der Waals surface area contributed by atoms with E-state index in [4.69, 9.17) is 4.74 Å². The molecule has 1 fully saturated rings. The molecule has 112 valence electrons. The van der Waals surface area contributed by atoms with Crippen LogP contribution in [0.5, 0.6) is 0 Å². The average molecular weight is 275 g/mol. The van der Waals surface area contributed by atoms with Crippen LogP contribution in [-0.4, -0.2) is 19.2 Å². The van der Waals surface area contributed by atoms with Crippen molar-refractivity contribution in [3.8, 4) is 0 Å². The molecule has 1 unspecified atom stereocenters. The van der Waals surface area contributed by atoms with Gasteiger partial charge in [0, 0.05) is 19.2 Å². The lowest BCUT2D eigenvalue weighted by Crippen LogP contribution is -2.26. The fraction of sp³-hybridized carbons (Fsp3) is 0.667. The van der Waals surface area contributed by atoms with Crippen molar-refractivity contribution in [1.29, 1.82) is 0 Å². The summed E-state index contributed by atoms with van der Waals surface area (Å²) in [5, 5.41) is 3.59. The van der Waals surface area contributed by atoms with Gasteiger partial charge in [-0.1, -0.05) is 50.6 Å². The molecule has 2 rings (SSSR count). The molecule has 0 bridgehead atoms. The standard InChI is InChI=1S/C18H29NO/c1-14-5-7-15(8-6-14)17(13-19-16-9-10-16)20-12-11-18(2,3)4/h5-8,16-17,19H,9-13H2,1-4H3. The highest BCUT2D eigenvalue weighted by atomic mass is 16.5. The van der Waals surface area contributed by atoms with E-state index in [1.165, 1.54) is 24.0 Å². The molecule has 1 atom stereocenters. The molecule has 1 aromatic carbocycles. The summed E-state index contributed by atoms with van der Waals surface area (Å²) in [5.41, 5.74) is 2.93. The average Bonchev–Trinajstić information content (AvgIpc) is 3.17. The van der Waals surface area contributed by atoms with Gasteiger partial charge in [-0.3, -0.25) is 0 Å². The Kier molecular flexibility index (Phi) is 5.22. The molecule has 0 aromatic heterocycles. The minimum atomic E-state index is 0.179. The Morgan fingerprint density at radius 3 is 2.40 bits per heavy atom. The summed E-state index contributed by atoms with van der Waals surface area (Å²) in [5.74, 6) is 0. The predicted molar refractivity (Wildman–Crippen MR) is 85.0 cm³/mol. The molecule has 1 aliphatic rings. The van der Waals surface area contributed by atoms with Gasteiger partial charge in [-0.15, -0.1) is 0 Å². The Hall–Kier alpha value is -0.860. The molecule has 0 heterocycles. The van der Waals surface area contributed by atoms with Crippen molar-refractivity contribution in [1.82, 2.24) is 5.32 Å². The molecule has 1 saturated carbocycles. The van der Waals surface area contributed by atoms with Crippen LogP contribution in [0.2, 0.25) is 0 Å². The second-order valence-electron chi connectivity index (χ2n) is 7.26. The Balaban J connectivity index is 1.90. The van der Waals surface area contributed by atoms with Crippen molar-refractivity contribution in [2.75, 3.05) is 13.2 Å². The van der Waals surface area contributed by atoms with E-state index in [-0.39, 0.29) is 6.10 Å². The second-order valence-corrected chi connectivity index (χ2v) is 7.26. The van der Waals surface area contributed by atoms with Crippen LogP contribution in [0.3, 0.4) is 0 Å². The van der Waals surface area contributed by atoms with Gasteiger partial charge in [0.25, 0.3) is 0 Å². The van der Waals surface area contributed by atoms with Crippen LogP contribution >= 0.6 is 0 Å². The van der Waals surface area contributed by atoms with Gasteiger partial charge in [0.05, 0.1) is 6.10 Å². The maximum Gasteiger partial charge on any atom is 0.0949 e. The zero-order valence-electron chi connectivity index (χ0n) is 13.4. The maximum atomic E-state index is 6.16. The fourth-order valence-electron chi connectivity index (χ4n) is 2.12. The Morgan fingerprint density at radius 2 is 1.85 bits per heavy atom. The Bertz CT molecular complexity index is 400. The monoisotopic (exact) mass is 275 g/mol. The molecule has 0 radical (unpaired) electrons. The quantitative estimate of drug-likeness (QED) is 0.803. The van der Waals surface area contributed by atoms with Crippen molar-refractivity contribution in [3.63, 3.8) is 0 Å². The molecule has 2 nitrogen and oxygen atoms in total. The molecule has 1 N–H and O–H groups in total. The molecule has 1 aromatic rings. The van der Waals surface area contributed by atoms with Crippen LogP contribution in [0.4, 0.5) is 0 Å². The molecule has 20 heavy (non-hydrogen) atoms. The third-order valence-corrected chi connectivity index (χ3v) is 3.79. The Labute approximate surface area is 123 Å². The minimum absolute atomic E-state index is 0.179. The highest BCUT2D eigenvalue weighted by molar-refractivity contribution is 5.23. The Morgan fingerprint density at radius 1 is 1.20 bits per heavy atom. The van der Waals surface area contributed by atoms with Gasteiger partial charge in [0.1, 0.15) is 0 Å². The van der Waals surface area contributed by atoms with E-state index in [1.54, 1.807) is 0 Å². The van der Waals surface area contributed by atoms with Crippen LogP contribution in [0, 0.1) is 12.3 Å². The molecule has 0 amide bonds. The van der Waals surface area contributed by atoms with Crippen molar-refractivity contribution in [2.45, 2.75) is 59.1 Å². The van der Waals surface area contributed by atoms with E-state index >= 15 is 0 Å². The number of hydrogen-bond donors (Lipinski definition) is 1. The number of aryl methyl sites for hydroxylation is 1. The van der Waals surface area contributed by atoms with E-state index in [2.05, 4.69) is 57.3 Å². The SMILES string of the molecule is Cc1ccc(C(CNC2CC2)OCCC(C)(C)C)cc1. The number of nitrogens with one attached hydrogen (secondary N) is 1. The smallest absolute Gasteiger partial charge is 0.0949 e. The molecular weight excluding hydrogens is 246 g/mol. The van der Waals surface area contributed by atoms with Gasteiger partial charge in [0.15, 0.2) is 0 Å². The molecular formula is C18H29NO. The van der Waals surface area contributed by atoms with E-state index in [0.717, 1.165) is 25.6 Å². The molecule has 0 aliphatic heterocycles. The number of benzene rings is 1. The second kappa shape index (κ2) is 6.73. The zero-order valence-corrected chi connectivity index (χ0v) is 13.4. The molecule has 1 aliphatic carbocycles. The van der Waals surface area contributed by atoms with Crippen molar-refractivity contribution in [2.24, 2.45) is 5.41 Å². The minimum Gasteiger partial charge on any atom is -0.372 e. The summed E-state index contributed by atoms with van der Waals surface area (Å²) in [4.78, 5) is 0. The van der Waals surface area contributed by atoms with Crippen LogP contribution in [0.25, 0.3) is 0 Å². The van der Waals surface area contributed by atoms with Crippen LogP contribution < -0.4 is 5.32 Å². The van der Waals surface area contributed by atoms with E-state index in [1.807, 2.05) is 0 Å². The van der Waals surface area contributed by atoms with Gasteiger partial charge in [-0.25, -0.2) is 0 Å². The number of rotatable bonds is 7. The summed E-state index contributed by atoms with van der Waals surface area (Å²) in [6, 6.07) is 9.48. The van der Waals surface area contributed by atoms with Gasteiger partial charge in [0.2, 0.25) is 0 Å².